The van der Waals surface area contributed by atoms with E-state index in [9.17, 15) is 9.18 Å². The van der Waals surface area contributed by atoms with E-state index in [1.54, 1.807) is 36.9 Å². The minimum absolute atomic E-state index is 0.169. The van der Waals surface area contributed by atoms with Gasteiger partial charge in [-0.05, 0) is 48.2 Å². The highest BCUT2D eigenvalue weighted by Crippen LogP contribution is 2.33. The van der Waals surface area contributed by atoms with Crippen molar-refractivity contribution in [3.8, 4) is 0 Å². The van der Waals surface area contributed by atoms with E-state index in [0.717, 1.165) is 9.37 Å². The van der Waals surface area contributed by atoms with Crippen LogP contribution in [0.5, 0.6) is 0 Å². The van der Waals surface area contributed by atoms with E-state index in [2.05, 4.69) is 15.9 Å². The summed E-state index contributed by atoms with van der Waals surface area (Å²) in [6.07, 6.45) is 1.93. The molecule has 5 heteroatoms. The minimum Gasteiger partial charge on any atom is -0.463 e. The van der Waals surface area contributed by atoms with Gasteiger partial charge in [0.1, 0.15) is 0 Å². The number of benzene rings is 1. The molecule has 0 aromatic heterocycles. The van der Waals surface area contributed by atoms with Gasteiger partial charge in [-0.25, -0.2) is 9.18 Å². The van der Waals surface area contributed by atoms with Crippen LogP contribution in [-0.4, -0.2) is 18.8 Å². The van der Waals surface area contributed by atoms with E-state index in [1.165, 1.54) is 6.92 Å². The summed E-state index contributed by atoms with van der Waals surface area (Å²) in [5.74, 6) is -0.858. The quantitative estimate of drug-likeness (QED) is 0.621. The number of ether oxygens (including phenoxy) is 1. The van der Waals surface area contributed by atoms with Crippen molar-refractivity contribution in [1.29, 1.82) is 0 Å². The number of hydrogen-bond donors (Lipinski definition) is 0. The van der Waals surface area contributed by atoms with Gasteiger partial charge in [0.2, 0.25) is 5.67 Å². The van der Waals surface area contributed by atoms with Crippen LogP contribution in [0.25, 0.3) is 0 Å². The lowest BCUT2D eigenvalue weighted by atomic mass is 9.98. The molecule has 0 radical (unpaired) electrons. The molecule has 0 spiro atoms. The molecule has 0 aliphatic heterocycles. The zero-order chi connectivity index (χ0) is 13.1. The molecule has 0 fully saturated rings. The molecular formula is C12H14BrFO2S. The second-order valence-corrected chi connectivity index (χ2v) is 5.28. The molecule has 1 unspecified atom stereocenters. The van der Waals surface area contributed by atoms with Gasteiger partial charge in [0.15, 0.2) is 0 Å². The highest BCUT2D eigenvalue weighted by molar-refractivity contribution is 9.10. The highest BCUT2D eigenvalue weighted by Gasteiger charge is 2.37. The lowest BCUT2D eigenvalue weighted by Gasteiger charge is -2.19. The van der Waals surface area contributed by atoms with Crippen LogP contribution < -0.4 is 0 Å². The molecule has 0 amide bonds. The van der Waals surface area contributed by atoms with E-state index in [0.29, 0.717) is 5.56 Å². The fourth-order valence-corrected chi connectivity index (χ4v) is 2.67. The SMILES string of the molecule is CCOC(=O)C(C)(F)c1ccc(SC)c(Br)c1. The first kappa shape index (κ1) is 14.5. The third-order valence-electron chi connectivity index (χ3n) is 2.35. The van der Waals surface area contributed by atoms with Crippen molar-refractivity contribution in [2.45, 2.75) is 24.4 Å². The van der Waals surface area contributed by atoms with E-state index < -0.39 is 11.6 Å². The predicted octanol–water partition coefficient (Wildman–Crippen LogP) is 3.92. The van der Waals surface area contributed by atoms with Crippen molar-refractivity contribution >= 4 is 33.7 Å². The van der Waals surface area contributed by atoms with E-state index >= 15 is 0 Å². The van der Waals surface area contributed by atoms with Gasteiger partial charge in [-0.15, -0.1) is 11.8 Å². The number of carbonyl (C=O) groups is 1. The molecule has 1 aromatic carbocycles. The molecule has 0 saturated heterocycles. The Kier molecular flexibility index (Phi) is 5.01. The smallest absolute Gasteiger partial charge is 0.348 e. The number of alkyl halides is 1. The van der Waals surface area contributed by atoms with E-state index in [4.69, 9.17) is 4.74 Å². The van der Waals surface area contributed by atoms with Crippen molar-refractivity contribution in [3.05, 3.63) is 28.2 Å². The Balaban J connectivity index is 3.07. The van der Waals surface area contributed by atoms with Crippen LogP contribution in [0.1, 0.15) is 19.4 Å². The van der Waals surface area contributed by atoms with Crippen LogP contribution in [0.15, 0.2) is 27.6 Å². The predicted molar refractivity (Wildman–Crippen MR) is 71.0 cm³/mol. The Morgan fingerprint density at radius 2 is 2.24 bits per heavy atom. The molecule has 1 aromatic rings. The van der Waals surface area contributed by atoms with Gasteiger partial charge in [-0.1, -0.05) is 6.07 Å². The zero-order valence-electron chi connectivity index (χ0n) is 9.92. The summed E-state index contributed by atoms with van der Waals surface area (Å²) in [6.45, 7) is 3.04. The first-order valence-electron chi connectivity index (χ1n) is 5.13. The molecule has 17 heavy (non-hydrogen) atoms. The number of rotatable bonds is 4. The second kappa shape index (κ2) is 5.87. The van der Waals surface area contributed by atoms with Crippen molar-refractivity contribution < 1.29 is 13.9 Å². The average molecular weight is 321 g/mol. The summed E-state index contributed by atoms with van der Waals surface area (Å²) in [5, 5.41) is 0. The molecule has 0 N–H and O–H groups in total. The Hall–Kier alpha value is -0.550. The Morgan fingerprint density at radius 1 is 1.59 bits per heavy atom. The summed E-state index contributed by atoms with van der Waals surface area (Å²) in [6, 6.07) is 5.00. The molecular weight excluding hydrogens is 307 g/mol. The van der Waals surface area contributed by atoms with Crippen LogP contribution in [-0.2, 0) is 15.2 Å². The van der Waals surface area contributed by atoms with Crippen molar-refractivity contribution in [2.75, 3.05) is 12.9 Å². The molecule has 2 nitrogen and oxygen atoms in total. The first-order chi connectivity index (χ1) is 7.93. The van der Waals surface area contributed by atoms with Gasteiger partial charge >= 0.3 is 5.97 Å². The Labute approximate surface area is 113 Å². The second-order valence-electron chi connectivity index (χ2n) is 3.57. The molecule has 0 aliphatic rings. The number of esters is 1. The van der Waals surface area contributed by atoms with Gasteiger partial charge < -0.3 is 4.74 Å². The maximum absolute atomic E-state index is 14.3. The fourth-order valence-electron chi connectivity index (χ4n) is 1.34. The summed E-state index contributed by atoms with van der Waals surface area (Å²) >= 11 is 4.90. The van der Waals surface area contributed by atoms with Crippen molar-refractivity contribution in [1.82, 2.24) is 0 Å². The third-order valence-corrected chi connectivity index (χ3v) is 4.07. The summed E-state index contributed by atoms with van der Waals surface area (Å²) < 4.78 is 19.8. The number of hydrogen-bond acceptors (Lipinski definition) is 3. The maximum atomic E-state index is 14.3. The van der Waals surface area contributed by atoms with E-state index in [1.807, 2.05) is 6.26 Å². The summed E-state index contributed by atoms with van der Waals surface area (Å²) in [5.41, 5.74) is -1.82. The zero-order valence-corrected chi connectivity index (χ0v) is 12.3. The normalized spacial score (nSPS) is 14.2. The third kappa shape index (κ3) is 3.22. The highest BCUT2D eigenvalue weighted by atomic mass is 79.9. The molecule has 0 saturated carbocycles. The monoisotopic (exact) mass is 320 g/mol. The number of thioether (sulfide) groups is 1. The molecule has 0 bridgehead atoms. The van der Waals surface area contributed by atoms with Crippen LogP contribution in [0.2, 0.25) is 0 Å². The molecule has 0 aliphatic carbocycles. The molecule has 1 atom stereocenters. The maximum Gasteiger partial charge on any atom is 0.348 e. The molecule has 1 rings (SSSR count). The van der Waals surface area contributed by atoms with Gasteiger partial charge in [-0.3, -0.25) is 0 Å². The Morgan fingerprint density at radius 3 is 2.71 bits per heavy atom. The topological polar surface area (TPSA) is 26.3 Å². The number of carbonyl (C=O) groups excluding carboxylic acids is 1. The Bertz CT molecular complexity index is 421. The van der Waals surface area contributed by atoms with Gasteiger partial charge in [-0.2, -0.15) is 0 Å². The number of halogens is 2. The van der Waals surface area contributed by atoms with Crippen LogP contribution in [0.4, 0.5) is 4.39 Å². The standard InChI is InChI=1S/C12H14BrFO2S/c1-4-16-11(15)12(2,14)8-5-6-10(17-3)9(13)7-8/h5-7H,4H2,1-3H3. The van der Waals surface area contributed by atoms with Gasteiger partial charge in [0.25, 0.3) is 0 Å². The molecule has 94 valence electrons. The lowest BCUT2D eigenvalue weighted by Crippen LogP contribution is -2.29. The largest absolute Gasteiger partial charge is 0.463 e. The fraction of sp³-hybridized carbons (Fsp3) is 0.417. The summed E-state index contributed by atoms with van der Waals surface area (Å²) in [7, 11) is 0. The van der Waals surface area contributed by atoms with E-state index in [-0.39, 0.29) is 6.61 Å². The first-order valence-corrected chi connectivity index (χ1v) is 7.15. The molecule has 0 heterocycles. The van der Waals surface area contributed by atoms with Crippen LogP contribution in [0, 0.1) is 0 Å². The van der Waals surface area contributed by atoms with Gasteiger partial charge in [0, 0.05) is 14.9 Å². The van der Waals surface area contributed by atoms with Crippen LogP contribution >= 0.6 is 27.7 Å². The minimum atomic E-state index is -2.12. The summed E-state index contributed by atoms with van der Waals surface area (Å²) in [4.78, 5) is 12.5. The average Bonchev–Trinajstić information content (AvgIpc) is 2.29. The lowest BCUT2D eigenvalue weighted by molar-refractivity contribution is -0.156. The van der Waals surface area contributed by atoms with Crippen LogP contribution in [0.3, 0.4) is 0 Å². The van der Waals surface area contributed by atoms with Gasteiger partial charge in [0.05, 0.1) is 6.61 Å². The van der Waals surface area contributed by atoms with Crippen molar-refractivity contribution in [2.24, 2.45) is 0 Å². The van der Waals surface area contributed by atoms with Crippen molar-refractivity contribution in [3.63, 3.8) is 0 Å².